The fraction of sp³-hybridized carbons (Fsp3) is 0.280. The molecule has 0 atom stereocenters. The number of anilines is 2. The number of hydrogen-bond acceptors (Lipinski definition) is 3. The summed E-state index contributed by atoms with van der Waals surface area (Å²) in [5.41, 5.74) is 2.67. The standard InChI is InChI=1S/C25H29N3O2/c1-3-16-28(18-25(30)26-22-13-7-4-9-19(22)2)17-15-24(29)27-23-14-8-11-20-10-5-6-12-21(20)23/h4-14H,3,15-18H2,1-2H3,(H,26,30)(H,27,29). The van der Waals surface area contributed by atoms with E-state index in [-0.39, 0.29) is 18.4 Å². The van der Waals surface area contributed by atoms with Crippen molar-refractivity contribution in [3.05, 3.63) is 72.3 Å². The van der Waals surface area contributed by atoms with Crippen LogP contribution in [0.25, 0.3) is 10.8 Å². The maximum Gasteiger partial charge on any atom is 0.238 e. The van der Waals surface area contributed by atoms with Crippen molar-refractivity contribution in [2.75, 3.05) is 30.3 Å². The van der Waals surface area contributed by atoms with Crippen LogP contribution in [0.4, 0.5) is 11.4 Å². The molecule has 0 aliphatic rings. The highest BCUT2D eigenvalue weighted by Crippen LogP contribution is 2.23. The predicted octanol–water partition coefficient (Wildman–Crippen LogP) is 4.83. The van der Waals surface area contributed by atoms with Crippen molar-refractivity contribution < 1.29 is 9.59 Å². The second-order valence-electron chi connectivity index (χ2n) is 7.46. The maximum atomic E-state index is 12.5. The molecule has 5 nitrogen and oxygen atoms in total. The van der Waals surface area contributed by atoms with Crippen LogP contribution >= 0.6 is 0 Å². The molecular weight excluding hydrogens is 374 g/mol. The smallest absolute Gasteiger partial charge is 0.238 e. The molecule has 5 heteroatoms. The highest BCUT2D eigenvalue weighted by molar-refractivity contribution is 6.02. The summed E-state index contributed by atoms with van der Waals surface area (Å²) in [5.74, 6) is -0.112. The van der Waals surface area contributed by atoms with E-state index in [1.165, 1.54) is 0 Å². The molecule has 0 aliphatic carbocycles. The van der Waals surface area contributed by atoms with E-state index in [2.05, 4.69) is 17.6 Å². The van der Waals surface area contributed by atoms with Gasteiger partial charge in [0.15, 0.2) is 0 Å². The number of para-hydroxylation sites is 1. The Morgan fingerprint density at radius 1 is 0.800 bits per heavy atom. The van der Waals surface area contributed by atoms with E-state index in [1.54, 1.807) is 0 Å². The Morgan fingerprint density at radius 2 is 1.47 bits per heavy atom. The summed E-state index contributed by atoms with van der Waals surface area (Å²) in [4.78, 5) is 27.1. The third-order valence-corrected chi connectivity index (χ3v) is 5.05. The van der Waals surface area contributed by atoms with Crippen molar-refractivity contribution in [3.8, 4) is 0 Å². The van der Waals surface area contributed by atoms with Gasteiger partial charge in [0.1, 0.15) is 0 Å². The van der Waals surface area contributed by atoms with E-state index >= 15 is 0 Å². The first-order valence-corrected chi connectivity index (χ1v) is 10.4. The van der Waals surface area contributed by atoms with Crippen LogP contribution in [0.2, 0.25) is 0 Å². The number of nitrogens with one attached hydrogen (secondary N) is 2. The molecule has 30 heavy (non-hydrogen) atoms. The normalized spacial score (nSPS) is 10.9. The van der Waals surface area contributed by atoms with Gasteiger partial charge in [-0.1, -0.05) is 61.5 Å². The molecule has 2 N–H and O–H groups in total. The average Bonchev–Trinajstić information content (AvgIpc) is 2.74. The summed E-state index contributed by atoms with van der Waals surface area (Å²) in [6.45, 7) is 5.61. The Labute approximate surface area is 178 Å². The van der Waals surface area contributed by atoms with Crippen LogP contribution in [0.15, 0.2) is 66.7 Å². The number of nitrogens with zero attached hydrogens (tertiary/aromatic N) is 1. The van der Waals surface area contributed by atoms with Gasteiger partial charge in [-0.3, -0.25) is 14.5 Å². The summed E-state index contributed by atoms with van der Waals surface area (Å²) < 4.78 is 0. The molecule has 0 radical (unpaired) electrons. The second-order valence-corrected chi connectivity index (χ2v) is 7.46. The van der Waals surface area contributed by atoms with Crippen molar-refractivity contribution in [2.45, 2.75) is 26.7 Å². The molecule has 2 amide bonds. The largest absolute Gasteiger partial charge is 0.325 e. The van der Waals surface area contributed by atoms with Gasteiger partial charge in [-0.15, -0.1) is 0 Å². The van der Waals surface area contributed by atoms with E-state index < -0.39 is 0 Å². The molecule has 156 valence electrons. The van der Waals surface area contributed by atoms with Crippen molar-refractivity contribution in [3.63, 3.8) is 0 Å². The number of benzene rings is 3. The zero-order chi connectivity index (χ0) is 21.3. The lowest BCUT2D eigenvalue weighted by molar-refractivity contribution is -0.119. The number of carbonyl (C=O) groups is 2. The van der Waals surface area contributed by atoms with Crippen LogP contribution in [0, 0.1) is 6.92 Å². The minimum absolute atomic E-state index is 0.0493. The van der Waals surface area contributed by atoms with Gasteiger partial charge in [-0.25, -0.2) is 0 Å². The Balaban J connectivity index is 1.55. The second kappa shape index (κ2) is 10.6. The molecule has 0 aromatic heterocycles. The van der Waals surface area contributed by atoms with E-state index in [0.29, 0.717) is 13.0 Å². The third kappa shape index (κ3) is 5.91. The molecule has 3 rings (SSSR count). The van der Waals surface area contributed by atoms with Gasteiger partial charge in [0.2, 0.25) is 11.8 Å². The molecule has 0 saturated heterocycles. The Morgan fingerprint density at radius 3 is 2.27 bits per heavy atom. The van der Waals surface area contributed by atoms with Crippen molar-refractivity contribution in [1.29, 1.82) is 0 Å². The van der Waals surface area contributed by atoms with E-state index in [1.807, 2.05) is 78.6 Å². The van der Waals surface area contributed by atoms with Crippen LogP contribution in [-0.2, 0) is 9.59 Å². The molecule has 0 saturated carbocycles. The van der Waals surface area contributed by atoms with Crippen LogP contribution in [0.3, 0.4) is 0 Å². The first-order valence-electron chi connectivity index (χ1n) is 10.4. The molecule has 0 aliphatic heterocycles. The third-order valence-electron chi connectivity index (χ3n) is 5.05. The Kier molecular flexibility index (Phi) is 7.57. The number of fused-ring (bicyclic) bond motifs is 1. The van der Waals surface area contributed by atoms with Crippen LogP contribution < -0.4 is 10.6 Å². The summed E-state index contributed by atoms with van der Waals surface area (Å²) in [6.07, 6.45) is 1.25. The van der Waals surface area contributed by atoms with Gasteiger partial charge in [0, 0.05) is 29.7 Å². The topological polar surface area (TPSA) is 61.4 Å². The summed E-state index contributed by atoms with van der Waals surface area (Å²) in [5, 5.41) is 8.10. The SMILES string of the molecule is CCCN(CCC(=O)Nc1cccc2ccccc12)CC(=O)Nc1ccccc1C. The number of aryl methyl sites for hydroxylation is 1. The van der Waals surface area contributed by atoms with Gasteiger partial charge in [0.25, 0.3) is 0 Å². The first-order chi connectivity index (χ1) is 14.6. The molecule has 0 spiro atoms. The zero-order valence-electron chi connectivity index (χ0n) is 17.7. The first kappa shape index (κ1) is 21.5. The molecule has 0 heterocycles. The number of rotatable bonds is 9. The van der Waals surface area contributed by atoms with Gasteiger partial charge in [0.05, 0.1) is 6.54 Å². The van der Waals surface area contributed by atoms with Gasteiger partial charge >= 0.3 is 0 Å². The van der Waals surface area contributed by atoms with E-state index in [0.717, 1.165) is 40.7 Å². The Bertz CT molecular complexity index is 1010. The van der Waals surface area contributed by atoms with Crippen LogP contribution in [-0.4, -0.2) is 36.3 Å². The van der Waals surface area contributed by atoms with Gasteiger partial charge < -0.3 is 10.6 Å². The monoisotopic (exact) mass is 403 g/mol. The highest BCUT2D eigenvalue weighted by atomic mass is 16.2. The van der Waals surface area contributed by atoms with Crippen molar-refractivity contribution >= 4 is 34.0 Å². The van der Waals surface area contributed by atoms with Crippen LogP contribution in [0.5, 0.6) is 0 Å². The van der Waals surface area contributed by atoms with Gasteiger partial charge in [-0.05, 0) is 43.0 Å². The molecule has 0 bridgehead atoms. The molecule has 3 aromatic rings. The molecule has 0 fully saturated rings. The molecule has 0 unspecified atom stereocenters. The van der Waals surface area contributed by atoms with Crippen molar-refractivity contribution in [2.24, 2.45) is 0 Å². The zero-order valence-corrected chi connectivity index (χ0v) is 17.7. The minimum atomic E-state index is -0.0628. The van der Waals surface area contributed by atoms with Crippen LogP contribution in [0.1, 0.15) is 25.3 Å². The fourth-order valence-electron chi connectivity index (χ4n) is 3.50. The maximum absolute atomic E-state index is 12.5. The highest BCUT2D eigenvalue weighted by Gasteiger charge is 2.13. The number of hydrogen-bond donors (Lipinski definition) is 2. The quantitative estimate of drug-likeness (QED) is 0.538. The number of amides is 2. The lowest BCUT2D eigenvalue weighted by atomic mass is 10.1. The lowest BCUT2D eigenvalue weighted by Gasteiger charge is -2.21. The Hall–Kier alpha value is -3.18. The van der Waals surface area contributed by atoms with E-state index in [9.17, 15) is 9.59 Å². The molecule has 3 aromatic carbocycles. The summed E-state index contributed by atoms with van der Waals surface area (Å²) in [6, 6.07) is 21.6. The summed E-state index contributed by atoms with van der Waals surface area (Å²) in [7, 11) is 0. The fourth-order valence-corrected chi connectivity index (χ4v) is 3.50. The average molecular weight is 404 g/mol. The lowest BCUT2D eigenvalue weighted by Crippen LogP contribution is -2.36. The number of carbonyl (C=O) groups excluding carboxylic acids is 2. The minimum Gasteiger partial charge on any atom is -0.325 e. The predicted molar refractivity (Wildman–Crippen MR) is 124 cm³/mol. The van der Waals surface area contributed by atoms with Crippen molar-refractivity contribution in [1.82, 2.24) is 4.90 Å². The van der Waals surface area contributed by atoms with Gasteiger partial charge in [-0.2, -0.15) is 0 Å². The molecular formula is C25H29N3O2. The van der Waals surface area contributed by atoms with E-state index in [4.69, 9.17) is 0 Å². The summed E-state index contributed by atoms with van der Waals surface area (Å²) >= 11 is 0.